The maximum Gasteiger partial charge on any atom is 0.222 e. The summed E-state index contributed by atoms with van der Waals surface area (Å²) in [4.78, 5) is 26.5. The van der Waals surface area contributed by atoms with Gasteiger partial charge in [-0.15, -0.1) is 0 Å². The second-order valence-corrected chi connectivity index (χ2v) is 9.77. The van der Waals surface area contributed by atoms with Gasteiger partial charge >= 0.3 is 0 Å². The molecule has 134 valence electrons. The third kappa shape index (κ3) is 2.02. The lowest BCUT2D eigenvalue weighted by atomic mass is 9.46. The van der Waals surface area contributed by atoms with Gasteiger partial charge in [0.25, 0.3) is 0 Å². The van der Waals surface area contributed by atoms with Crippen LogP contribution < -0.4 is 0 Å². The van der Waals surface area contributed by atoms with Gasteiger partial charge in [0.15, 0.2) is 0 Å². The fourth-order valence-electron chi connectivity index (χ4n) is 7.82. The SMILES string of the molecule is CC(=O)C1CCC2C3CCC4N(C)C(=O)CCC4(C)C3CCC12C. The summed E-state index contributed by atoms with van der Waals surface area (Å²) in [6.07, 6.45) is 9.05. The number of amides is 1. The summed E-state index contributed by atoms with van der Waals surface area (Å²) in [6, 6.07) is 0.439. The Hall–Kier alpha value is -0.860. The largest absolute Gasteiger partial charge is 0.342 e. The normalized spacial score (nSPS) is 50.9. The first kappa shape index (κ1) is 16.6. The van der Waals surface area contributed by atoms with Gasteiger partial charge in [-0.2, -0.15) is 0 Å². The first-order valence-electron chi connectivity index (χ1n) is 10.0. The van der Waals surface area contributed by atoms with Crippen LogP contribution in [0.1, 0.15) is 72.1 Å². The predicted octanol–water partition coefficient (Wildman–Crippen LogP) is 4.06. The van der Waals surface area contributed by atoms with Gasteiger partial charge in [0.2, 0.25) is 5.91 Å². The van der Waals surface area contributed by atoms with Crippen LogP contribution in [-0.4, -0.2) is 29.7 Å². The summed E-state index contributed by atoms with van der Waals surface area (Å²) in [7, 11) is 2.03. The van der Waals surface area contributed by atoms with Crippen LogP contribution in [0.2, 0.25) is 0 Å². The molecule has 1 aliphatic heterocycles. The average molecular weight is 332 g/mol. The zero-order valence-corrected chi connectivity index (χ0v) is 15.8. The van der Waals surface area contributed by atoms with Crippen molar-refractivity contribution < 1.29 is 9.59 Å². The van der Waals surface area contributed by atoms with Crippen molar-refractivity contribution in [1.29, 1.82) is 0 Å². The van der Waals surface area contributed by atoms with Crippen LogP contribution in [0, 0.1) is 34.5 Å². The number of hydrogen-bond acceptors (Lipinski definition) is 2. The summed E-state index contributed by atoms with van der Waals surface area (Å²) in [5.41, 5.74) is 0.536. The Kier molecular flexibility index (Phi) is 3.68. The molecule has 24 heavy (non-hydrogen) atoms. The van der Waals surface area contributed by atoms with E-state index in [-0.39, 0.29) is 5.41 Å². The zero-order chi connectivity index (χ0) is 17.3. The summed E-state index contributed by atoms with van der Waals surface area (Å²) >= 11 is 0. The first-order chi connectivity index (χ1) is 11.3. The number of likely N-dealkylation sites (tertiary alicyclic amines) is 1. The summed E-state index contributed by atoms with van der Waals surface area (Å²) in [5, 5.41) is 0. The third-order valence-corrected chi connectivity index (χ3v) is 9.05. The van der Waals surface area contributed by atoms with E-state index >= 15 is 0 Å². The van der Waals surface area contributed by atoms with Crippen LogP contribution in [0.25, 0.3) is 0 Å². The van der Waals surface area contributed by atoms with Crippen LogP contribution in [0.3, 0.4) is 0 Å². The number of nitrogens with zero attached hydrogens (tertiary/aromatic N) is 1. The Morgan fingerprint density at radius 1 is 1.00 bits per heavy atom. The van der Waals surface area contributed by atoms with Crippen molar-refractivity contribution in [2.45, 2.75) is 78.2 Å². The van der Waals surface area contributed by atoms with Gasteiger partial charge in [0.1, 0.15) is 5.78 Å². The van der Waals surface area contributed by atoms with E-state index in [9.17, 15) is 9.59 Å². The Balaban J connectivity index is 1.64. The van der Waals surface area contributed by atoms with Crippen molar-refractivity contribution in [2.24, 2.45) is 34.5 Å². The van der Waals surface area contributed by atoms with E-state index in [1.165, 1.54) is 25.7 Å². The van der Waals surface area contributed by atoms with E-state index in [0.29, 0.717) is 29.1 Å². The lowest BCUT2D eigenvalue weighted by molar-refractivity contribution is -0.159. The molecule has 7 unspecified atom stereocenters. The molecule has 1 heterocycles. The van der Waals surface area contributed by atoms with Gasteiger partial charge in [0.05, 0.1) is 0 Å². The molecule has 1 saturated heterocycles. The van der Waals surface area contributed by atoms with E-state index in [2.05, 4.69) is 18.7 Å². The van der Waals surface area contributed by atoms with Gasteiger partial charge < -0.3 is 4.90 Å². The standard InChI is InChI=1S/C21H33NO2/c1-13(23)15-6-7-16-14-5-8-18-21(3,12-10-19(24)22(18)4)17(14)9-11-20(15,16)2/h14-18H,5-12H2,1-4H3. The molecule has 3 saturated carbocycles. The van der Waals surface area contributed by atoms with E-state index in [4.69, 9.17) is 0 Å². The monoisotopic (exact) mass is 331 g/mol. The molecule has 0 N–H and O–H groups in total. The minimum atomic E-state index is 0.243. The highest BCUT2D eigenvalue weighted by molar-refractivity contribution is 5.79. The highest BCUT2D eigenvalue weighted by atomic mass is 16.2. The van der Waals surface area contributed by atoms with Gasteiger partial charge in [-0.3, -0.25) is 9.59 Å². The fraction of sp³-hybridized carbons (Fsp3) is 0.905. The lowest BCUT2D eigenvalue weighted by Gasteiger charge is -2.61. The third-order valence-electron chi connectivity index (χ3n) is 9.05. The second kappa shape index (κ2) is 5.32. The Morgan fingerprint density at radius 2 is 1.71 bits per heavy atom. The Bertz CT molecular complexity index is 572. The maximum atomic E-state index is 12.2. The Labute approximate surface area is 146 Å². The van der Waals surface area contributed by atoms with Crippen LogP contribution in [0.5, 0.6) is 0 Å². The number of rotatable bonds is 1. The molecule has 0 spiro atoms. The molecule has 4 fully saturated rings. The van der Waals surface area contributed by atoms with E-state index in [1.54, 1.807) is 0 Å². The van der Waals surface area contributed by atoms with Crippen molar-refractivity contribution >= 4 is 11.7 Å². The quantitative estimate of drug-likeness (QED) is 0.727. The summed E-state index contributed by atoms with van der Waals surface area (Å²) in [5.74, 6) is 3.30. The van der Waals surface area contributed by atoms with Crippen LogP contribution in [0.4, 0.5) is 0 Å². The maximum absolute atomic E-state index is 12.2. The average Bonchev–Trinajstić information content (AvgIpc) is 2.89. The highest BCUT2D eigenvalue weighted by Crippen LogP contribution is 2.66. The summed E-state index contributed by atoms with van der Waals surface area (Å²) in [6.45, 7) is 6.69. The van der Waals surface area contributed by atoms with E-state index in [1.807, 2.05) is 14.0 Å². The van der Waals surface area contributed by atoms with Gasteiger partial charge in [0, 0.05) is 25.4 Å². The minimum absolute atomic E-state index is 0.243. The molecule has 3 aliphatic carbocycles. The lowest BCUT2D eigenvalue weighted by Crippen LogP contribution is -2.61. The number of fused-ring (bicyclic) bond motifs is 5. The molecular formula is C21H33NO2. The van der Waals surface area contributed by atoms with Crippen LogP contribution >= 0.6 is 0 Å². The smallest absolute Gasteiger partial charge is 0.222 e. The molecule has 0 aromatic carbocycles. The van der Waals surface area contributed by atoms with Gasteiger partial charge in [-0.05, 0) is 80.5 Å². The molecule has 3 heteroatoms. The number of hydrogen-bond donors (Lipinski definition) is 0. The van der Waals surface area contributed by atoms with E-state index < -0.39 is 0 Å². The predicted molar refractivity (Wildman–Crippen MR) is 94.3 cm³/mol. The molecule has 3 nitrogen and oxygen atoms in total. The summed E-state index contributed by atoms with van der Waals surface area (Å²) < 4.78 is 0. The second-order valence-electron chi connectivity index (χ2n) is 9.77. The Morgan fingerprint density at radius 3 is 2.42 bits per heavy atom. The number of ketones is 1. The first-order valence-corrected chi connectivity index (χ1v) is 10.0. The molecule has 0 bridgehead atoms. The van der Waals surface area contributed by atoms with Crippen molar-refractivity contribution in [3.05, 3.63) is 0 Å². The van der Waals surface area contributed by atoms with Crippen molar-refractivity contribution in [3.63, 3.8) is 0 Å². The molecule has 0 radical (unpaired) electrons. The molecule has 0 aromatic heterocycles. The molecule has 4 aliphatic rings. The minimum Gasteiger partial charge on any atom is -0.342 e. The molecule has 0 aromatic rings. The fourth-order valence-corrected chi connectivity index (χ4v) is 7.82. The van der Waals surface area contributed by atoms with Crippen LogP contribution in [0.15, 0.2) is 0 Å². The number of carbonyl (C=O) groups excluding carboxylic acids is 2. The van der Waals surface area contributed by atoms with E-state index in [0.717, 1.165) is 43.4 Å². The zero-order valence-electron chi connectivity index (χ0n) is 15.8. The van der Waals surface area contributed by atoms with Crippen molar-refractivity contribution in [2.75, 3.05) is 7.05 Å². The highest BCUT2D eigenvalue weighted by Gasteiger charge is 2.61. The number of carbonyl (C=O) groups is 2. The molecule has 4 rings (SSSR count). The molecule has 1 amide bonds. The topological polar surface area (TPSA) is 37.4 Å². The number of piperidine rings is 1. The molecular weight excluding hydrogens is 298 g/mol. The van der Waals surface area contributed by atoms with Crippen LogP contribution in [-0.2, 0) is 9.59 Å². The van der Waals surface area contributed by atoms with Gasteiger partial charge in [-0.1, -0.05) is 13.8 Å². The van der Waals surface area contributed by atoms with Crippen molar-refractivity contribution in [1.82, 2.24) is 4.90 Å². The molecule has 7 atom stereocenters. The number of Topliss-reactive ketones (excluding diaryl/α,β-unsaturated/α-hetero) is 1. The van der Waals surface area contributed by atoms with Gasteiger partial charge in [-0.25, -0.2) is 0 Å². The van der Waals surface area contributed by atoms with Crippen molar-refractivity contribution in [3.8, 4) is 0 Å².